The highest BCUT2D eigenvalue weighted by atomic mass is 16.6. The maximum absolute atomic E-state index is 11.1. The molecule has 0 spiro atoms. The van der Waals surface area contributed by atoms with Gasteiger partial charge in [-0.05, 0) is 12.8 Å². The minimum atomic E-state index is -0.173. The number of hydrogen-bond acceptors (Lipinski definition) is 3. The number of oxime groups is 1. The van der Waals surface area contributed by atoms with Gasteiger partial charge in [0.25, 0.3) is 5.91 Å². The quantitative estimate of drug-likeness (QED) is 0.524. The molecule has 76 valence electrons. The summed E-state index contributed by atoms with van der Waals surface area (Å²) in [6.07, 6.45) is 8.20. The standard InChI is InChI=1S/C10H14N2O2/c1-11-14-8-10(13)12-7-9-5-3-2-4-6-9/h2-3,5H,1,4,6-8H2,(H,12,13). The summed E-state index contributed by atoms with van der Waals surface area (Å²) in [5.74, 6) is -0.173. The Labute approximate surface area is 83.3 Å². The van der Waals surface area contributed by atoms with Gasteiger partial charge in [0.05, 0.1) is 0 Å². The molecule has 0 fully saturated rings. The Bertz CT molecular complexity index is 269. The number of allylic oxidation sites excluding steroid dienone is 3. The van der Waals surface area contributed by atoms with E-state index in [1.54, 1.807) is 0 Å². The number of carbonyl (C=O) groups excluding carboxylic acids is 1. The lowest BCUT2D eigenvalue weighted by Gasteiger charge is -2.09. The van der Waals surface area contributed by atoms with E-state index in [2.05, 4.69) is 28.1 Å². The smallest absolute Gasteiger partial charge is 0.261 e. The van der Waals surface area contributed by atoms with Crippen molar-refractivity contribution >= 4 is 12.6 Å². The molecule has 0 aromatic rings. The van der Waals surface area contributed by atoms with E-state index in [0.29, 0.717) is 6.54 Å². The first-order valence-electron chi connectivity index (χ1n) is 4.52. The van der Waals surface area contributed by atoms with Crippen LogP contribution in [0.1, 0.15) is 12.8 Å². The van der Waals surface area contributed by atoms with E-state index in [1.165, 1.54) is 5.57 Å². The first-order chi connectivity index (χ1) is 6.83. The Morgan fingerprint density at radius 2 is 2.57 bits per heavy atom. The zero-order valence-electron chi connectivity index (χ0n) is 8.03. The summed E-state index contributed by atoms with van der Waals surface area (Å²) in [4.78, 5) is 15.6. The zero-order chi connectivity index (χ0) is 10.2. The van der Waals surface area contributed by atoms with E-state index >= 15 is 0 Å². The van der Waals surface area contributed by atoms with Crippen LogP contribution < -0.4 is 5.32 Å². The molecule has 1 aliphatic rings. The van der Waals surface area contributed by atoms with Crippen molar-refractivity contribution < 1.29 is 9.63 Å². The molecule has 1 amide bonds. The number of carbonyl (C=O) groups is 1. The maximum Gasteiger partial charge on any atom is 0.261 e. The third-order valence-corrected chi connectivity index (χ3v) is 1.90. The molecule has 1 rings (SSSR count). The topological polar surface area (TPSA) is 50.7 Å². The van der Waals surface area contributed by atoms with Crippen molar-refractivity contribution in [1.82, 2.24) is 5.32 Å². The van der Waals surface area contributed by atoms with Gasteiger partial charge in [-0.15, -0.1) is 5.16 Å². The van der Waals surface area contributed by atoms with Crippen molar-refractivity contribution in [2.24, 2.45) is 5.16 Å². The predicted octanol–water partition coefficient (Wildman–Crippen LogP) is 1.01. The largest absolute Gasteiger partial charge is 0.386 e. The summed E-state index contributed by atoms with van der Waals surface area (Å²) >= 11 is 0. The molecule has 0 aromatic carbocycles. The normalized spacial score (nSPS) is 14.4. The van der Waals surface area contributed by atoms with E-state index in [0.717, 1.165) is 12.8 Å². The first-order valence-corrected chi connectivity index (χ1v) is 4.52. The van der Waals surface area contributed by atoms with Crippen LogP contribution in [-0.2, 0) is 9.63 Å². The maximum atomic E-state index is 11.1. The second-order valence-corrected chi connectivity index (χ2v) is 2.97. The Kier molecular flexibility index (Phi) is 4.47. The van der Waals surface area contributed by atoms with Gasteiger partial charge in [-0.2, -0.15) is 0 Å². The fraction of sp³-hybridized carbons (Fsp3) is 0.400. The van der Waals surface area contributed by atoms with Crippen molar-refractivity contribution in [1.29, 1.82) is 0 Å². The third-order valence-electron chi connectivity index (χ3n) is 1.90. The number of nitrogens with zero attached hydrogens (tertiary/aromatic N) is 1. The van der Waals surface area contributed by atoms with Crippen LogP contribution in [0.4, 0.5) is 0 Å². The third kappa shape index (κ3) is 3.89. The average molecular weight is 194 g/mol. The molecule has 0 radical (unpaired) electrons. The summed E-state index contributed by atoms with van der Waals surface area (Å²) in [6.45, 7) is 3.63. The molecule has 0 heterocycles. The minimum absolute atomic E-state index is 0.0629. The molecule has 1 aliphatic carbocycles. The molecule has 0 saturated carbocycles. The van der Waals surface area contributed by atoms with Crippen LogP contribution >= 0.6 is 0 Å². The van der Waals surface area contributed by atoms with Crippen molar-refractivity contribution in [3.63, 3.8) is 0 Å². The van der Waals surface area contributed by atoms with Gasteiger partial charge in [-0.25, -0.2) is 0 Å². The zero-order valence-corrected chi connectivity index (χ0v) is 8.03. The van der Waals surface area contributed by atoms with Gasteiger partial charge in [-0.3, -0.25) is 4.79 Å². The summed E-state index contributed by atoms with van der Waals surface area (Å²) in [5.41, 5.74) is 1.23. The molecule has 1 N–H and O–H groups in total. The first kappa shape index (κ1) is 10.5. The molecule has 4 nitrogen and oxygen atoms in total. The van der Waals surface area contributed by atoms with Crippen LogP contribution in [0.15, 0.2) is 29.0 Å². The van der Waals surface area contributed by atoms with Crippen molar-refractivity contribution in [3.05, 3.63) is 23.8 Å². The molecule has 0 aliphatic heterocycles. The fourth-order valence-electron chi connectivity index (χ4n) is 1.17. The van der Waals surface area contributed by atoms with E-state index in [9.17, 15) is 4.79 Å². The molecule has 0 unspecified atom stereocenters. The van der Waals surface area contributed by atoms with Crippen LogP contribution in [0.3, 0.4) is 0 Å². The van der Waals surface area contributed by atoms with E-state index in [1.807, 2.05) is 12.2 Å². The van der Waals surface area contributed by atoms with Gasteiger partial charge in [0.15, 0.2) is 6.61 Å². The van der Waals surface area contributed by atoms with Gasteiger partial charge < -0.3 is 10.2 Å². The molecule has 0 bridgehead atoms. The number of hydrogen-bond donors (Lipinski definition) is 1. The van der Waals surface area contributed by atoms with Crippen molar-refractivity contribution in [2.45, 2.75) is 12.8 Å². The SMILES string of the molecule is C=NOCC(=O)NCC1=CC=CCC1. The van der Waals surface area contributed by atoms with Gasteiger partial charge in [0.2, 0.25) is 0 Å². The summed E-state index contributed by atoms with van der Waals surface area (Å²) < 4.78 is 0. The Morgan fingerprint density at radius 3 is 3.21 bits per heavy atom. The lowest BCUT2D eigenvalue weighted by molar-refractivity contribution is -0.125. The second kappa shape index (κ2) is 5.96. The van der Waals surface area contributed by atoms with Gasteiger partial charge in [0, 0.05) is 13.3 Å². The van der Waals surface area contributed by atoms with Crippen LogP contribution in [0.25, 0.3) is 0 Å². The van der Waals surface area contributed by atoms with Crippen LogP contribution in [0, 0.1) is 0 Å². The predicted molar refractivity (Wildman–Crippen MR) is 55.0 cm³/mol. The highest BCUT2D eigenvalue weighted by Crippen LogP contribution is 2.09. The van der Waals surface area contributed by atoms with Gasteiger partial charge >= 0.3 is 0 Å². The van der Waals surface area contributed by atoms with Gasteiger partial charge in [0.1, 0.15) is 0 Å². The fourth-order valence-corrected chi connectivity index (χ4v) is 1.17. The second-order valence-electron chi connectivity index (χ2n) is 2.97. The van der Waals surface area contributed by atoms with Crippen LogP contribution in [0.2, 0.25) is 0 Å². The van der Waals surface area contributed by atoms with Crippen LogP contribution in [0.5, 0.6) is 0 Å². The Morgan fingerprint density at radius 1 is 1.71 bits per heavy atom. The monoisotopic (exact) mass is 194 g/mol. The minimum Gasteiger partial charge on any atom is -0.386 e. The molecule has 0 saturated heterocycles. The lowest BCUT2D eigenvalue weighted by Crippen LogP contribution is -2.28. The van der Waals surface area contributed by atoms with E-state index in [-0.39, 0.29) is 12.5 Å². The summed E-state index contributed by atoms with van der Waals surface area (Å²) in [5, 5.41) is 5.87. The average Bonchev–Trinajstić information content (AvgIpc) is 2.25. The number of amides is 1. The number of nitrogens with one attached hydrogen (secondary N) is 1. The molecule has 4 heteroatoms. The van der Waals surface area contributed by atoms with Crippen LogP contribution in [-0.4, -0.2) is 25.8 Å². The van der Waals surface area contributed by atoms with E-state index < -0.39 is 0 Å². The molecule has 0 aromatic heterocycles. The molecule has 14 heavy (non-hydrogen) atoms. The van der Waals surface area contributed by atoms with Crippen molar-refractivity contribution in [2.75, 3.05) is 13.2 Å². The summed E-state index contributed by atoms with van der Waals surface area (Å²) in [6, 6.07) is 0. The molecular formula is C10H14N2O2. The highest BCUT2D eigenvalue weighted by molar-refractivity contribution is 5.77. The highest BCUT2D eigenvalue weighted by Gasteiger charge is 2.03. The Balaban J connectivity index is 2.19. The Hall–Kier alpha value is -1.58. The summed E-state index contributed by atoms with van der Waals surface area (Å²) in [7, 11) is 0. The van der Waals surface area contributed by atoms with Gasteiger partial charge in [-0.1, -0.05) is 23.8 Å². The number of rotatable bonds is 5. The van der Waals surface area contributed by atoms with E-state index in [4.69, 9.17) is 0 Å². The molecule has 0 atom stereocenters. The lowest BCUT2D eigenvalue weighted by atomic mass is 10.1. The van der Waals surface area contributed by atoms with Crippen molar-refractivity contribution in [3.8, 4) is 0 Å². The molecular weight excluding hydrogens is 180 g/mol.